The molecule has 2 aliphatic rings. The fraction of sp³-hybridized carbons (Fsp3) is 0.636. The Balaban J connectivity index is 1.60. The average molecular weight is 265 g/mol. The van der Waals surface area contributed by atoms with Crippen molar-refractivity contribution in [2.45, 2.75) is 37.8 Å². The number of rotatable bonds is 3. The number of hydrogen-bond donors (Lipinski definition) is 3. The van der Waals surface area contributed by atoms with Crippen molar-refractivity contribution in [3.63, 3.8) is 0 Å². The number of anilines is 1. The molecule has 0 saturated carbocycles. The summed E-state index contributed by atoms with van der Waals surface area (Å²) in [6.45, 7) is 0.933. The van der Waals surface area contributed by atoms with Crippen LogP contribution in [0.15, 0.2) is 4.42 Å². The first kappa shape index (κ1) is 12.1. The van der Waals surface area contributed by atoms with E-state index in [-0.39, 0.29) is 23.9 Å². The van der Waals surface area contributed by atoms with Crippen molar-refractivity contribution in [3.8, 4) is 0 Å². The molecule has 2 amide bonds. The number of nitrogens with one attached hydrogen (secondary N) is 3. The third-order valence-corrected chi connectivity index (χ3v) is 3.34. The molecule has 0 aliphatic carbocycles. The largest absolute Gasteiger partial charge is 0.406 e. The fourth-order valence-corrected chi connectivity index (χ4v) is 2.32. The van der Waals surface area contributed by atoms with Crippen LogP contribution in [0.3, 0.4) is 0 Å². The van der Waals surface area contributed by atoms with Gasteiger partial charge in [-0.1, -0.05) is 5.10 Å². The molecule has 2 fully saturated rings. The highest BCUT2D eigenvalue weighted by molar-refractivity contribution is 5.97. The first-order valence-electron chi connectivity index (χ1n) is 6.39. The summed E-state index contributed by atoms with van der Waals surface area (Å²) < 4.78 is 5.40. The molecule has 2 atom stereocenters. The van der Waals surface area contributed by atoms with Gasteiger partial charge in [0.25, 0.3) is 5.91 Å². The average Bonchev–Trinajstić information content (AvgIpc) is 3.07. The summed E-state index contributed by atoms with van der Waals surface area (Å²) in [5.41, 5.74) is 0. The van der Waals surface area contributed by atoms with E-state index in [1.807, 2.05) is 0 Å². The van der Waals surface area contributed by atoms with Crippen LogP contribution in [0.1, 0.15) is 37.6 Å². The molecule has 3 N–H and O–H groups in total. The lowest BCUT2D eigenvalue weighted by Crippen LogP contribution is -2.37. The van der Waals surface area contributed by atoms with E-state index >= 15 is 0 Å². The molecule has 19 heavy (non-hydrogen) atoms. The second-order valence-electron chi connectivity index (χ2n) is 4.74. The van der Waals surface area contributed by atoms with Gasteiger partial charge in [-0.05, 0) is 25.8 Å². The van der Waals surface area contributed by atoms with Gasteiger partial charge in [-0.25, -0.2) is 0 Å². The Bertz CT molecular complexity index is 494. The molecule has 1 aromatic heterocycles. The lowest BCUT2D eigenvalue weighted by atomic mass is 10.2. The van der Waals surface area contributed by atoms with E-state index in [2.05, 4.69) is 26.1 Å². The van der Waals surface area contributed by atoms with Gasteiger partial charge in [0.1, 0.15) is 6.04 Å². The summed E-state index contributed by atoms with van der Waals surface area (Å²) in [5, 5.41) is 16.0. The van der Waals surface area contributed by atoms with Gasteiger partial charge in [-0.2, -0.15) is 0 Å². The third-order valence-electron chi connectivity index (χ3n) is 3.34. The number of amides is 2. The van der Waals surface area contributed by atoms with Crippen molar-refractivity contribution in [2.24, 2.45) is 0 Å². The Labute approximate surface area is 109 Å². The summed E-state index contributed by atoms with van der Waals surface area (Å²) in [6.07, 6.45) is 2.89. The number of aromatic nitrogens is 2. The van der Waals surface area contributed by atoms with Crippen LogP contribution in [-0.2, 0) is 9.59 Å². The highest BCUT2D eigenvalue weighted by atomic mass is 16.4. The van der Waals surface area contributed by atoms with Gasteiger partial charge in [0.05, 0.1) is 6.04 Å². The van der Waals surface area contributed by atoms with Gasteiger partial charge in [0, 0.05) is 6.42 Å². The lowest BCUT2D eigenvalue weighted by molar-refractivity contribution is -0.122. The molecule has 8 nitrogen and oxygen atoms in total. The molecule has 1 aromatic rings. The standard InChI is InChI=1S/C11H15N5O3/c17-8-4-3-6(13-8)9(18)14-11-16-15-10(19-11)7-2-1-5-12-7/h6-7,12H,1-5H2,(H,13,17)(H,14,16,18)/t6-,7?/m1/s1. The van der Waals surface area contributed by atoms with E-state index < -0.39 is 6.04 Å². The minimum Gasteiger partial charge on any atom is -0.406 e. The highest BCUT2D eigenvalue weighted by Crippen LogP contribution is 2.23. The van der Waals surface area contributed by atoms with Gasteiger partial charge in [-0.15, -0.1) is 5.10 Å². The Hall–Kier alpha value is -1.96. The molecule has 0 bridgehead atoms. The molecular weight excluding hydrogens is 250 g/mol. The van der Waals surface area contributed by atoms with Crippen molar-refractivity contribution >= 4 is 17.8 Å². The minimum absolute atomic E-state index is 0.0735. The smallest absolute Gasteiger partial charge is 0.322 e. The molecule has 0 aromatic carbocycles. The van der Waals surface area contributed by atoms with E-state index in [4.69, 9.17) is 4.42 Å². The molecule has 8 heteroatoms. The summed E-state index contributed by atoms with van der Waals surface area (Å²) in [4.78, 5) is 22.9. The Morgan fingerprint density at radius 3 is 2.95 bits per heavy atom. The maximum Gasteiger partial charge on any atom is 0.322 e. The third kappa shape index (κ3) is 2.58. The van der Waals surface area contributed by atoms with Crippen LogP contribution in [-0.4, -0.2) is 34.6 Å². The minimum atomic E-state index is -0.507. The fourth-order valence-electron chi connectivity index (χ4n) is 2.32. The SMILES string of the molecule is O=C1CC[C@H](C(=O)Nc2nnc(C3CCCN3)o2)N1. The van der Waals surface area contributed by atoms with Crippen LogP contribution in [0.5, 0.6) is 0 Å². The van der Waals surface area contributed by atoms with Crippen molar-refractivity contribution < 1.29 is 14.0 Å². The molecule has 3 heterocycles. The molecule has 0 radical (unpaired) electrons. The van der Waals surface area contributed by atoms with Crippen molar-refractivity contribution in [1.82, 2.24) is 20.8 Å². The number of nitrogens with zero attached hydrogens (tertiary/aromatic N) is 2. The van der Waals surface area contributed by atoms with Crippen LogP contribution in [0, 0.1) is 0 Å². The second-order valence-corrected chi connectivity index (χ2v) is 4.74. The zero-order valence-electron chi connectivity index (χ0n) is 10.3. The number of carbonyl (C=O) groups is 2. The normalized spacial score (nSPS) is 26.4. The van der Waals surface area contributed by atoms with Crippen LogP contribution in [0.2, 0.25) is 0 Å². The van der Waals surface area contributed by atoms with Crippen molar-refractivity contribution in [3.05, 3.63) is 5.89 Å². The topological polar surface area (TPSA) is 109 Å². The summed E-state index contributed by atoms with van der Waals surface area (Å²) in [7, 11) is 0. The summed E-state index contributed by atoms with van der Waals surface area (Å²) in [5.74, 6) is 0.0604. The molecular formula is C11H15N5O3. The van der Waals surface area contributed by atoms with E-state index in [1.54, 1.807) is 0 Å². The van der Waals surface area contributed by atoms with Gasteiger partial charge in [0.15, 0.2) is 0 Å². The van der Waals surface area contributed by atoms with Gasteiger partial charge < -0.3 is 15.1 Å². The van der Waals surface area contributed by atoms with Crippen LogP contribution >= 0.6 is 0 Å². The predicted molar refractivity (Wildman–Crippen MR) is 64.1 cm³/mol. The van der Waals surface area contributed by atoms with Crippen LogP contribution in [0.25, 0.3) is 0 Å². The molecule has 3 rings (SSSR count). The van der Waals surface area contributed by atoms with Gasteiger partial charge >= 0.3 is 6.01 Å². The quantitative estimate of drug-likeness (QED) is 0.693. The Morgan fingerprint density at radius 1 is 1.37 bits per heavy atom. The molecule has 102 valence electrons. The zero-order valence-corrected chi connectivity index (χ0v) is 10.3. The zero-order chi connectivity index (χ0) is 13.2. The number of hydrogen-bond acceptors (Lipinski definition) is 6. The van der Waals surface area contributed by atoms with Crippen molar-refractivity contribution in [2.75, 3.05) is 11.9 Å². The monoisotopic (exact) mass is 265 g/mol. The molecule has 1 unspecified atom stereocenters. The molecule has 2 aliphatic heterocycles. The van der Waals surface area contributed by atoms with E-state index in [1.165, 1.54) is 0 Å². The van der Waals surface area contributed by atoms with E-state index in [0.717, 1.165) is 19.4 Å². The summed E-state index contributed by atoms with van der Waals surface area (Å²) >= 11 is 0. The first-order valence-corrected chi connectivity index (χ1v) is 6.39. The van der Waals surface area contributed by atoms with Gasteiger partial charge in [0.2, 0.25) is 11.8 Å². The maximum atomic E-state index is 11.8. The maximum absolute atomic E-state index is 11.8. The first-order chi connectivity index (χ1) is 9.22. The molecule has 0 spiro atoms. The van der Waals surface area contributed by atoms with Crippen molar-refractivity contribution in [1.29, 1.82) is 0 Å². The Kier molecular flexibility index (Phi) is 3.16. The van der Waals surface area contributed by atoms with E-state index in [0.29, 0.717) is 18.7 Å². The second kappa shape index (κ2) is 4.96. The summed E-state index contributed by atoms with van der Waals surface area (Å²) in [6, 6.07) is -0.355. The Morgan fingerprint density at radius 2 is 2.26 bits per heavy atom. The van der Waals surface area contributed by atoms with E-state index in [9.17, 15) is 9.59 Å². The van der Waals surface area contributed by atoms with Gasteiger partial charge in [-0.3, -0.25) is 14.9 Å². The lowest BCUT2D eigenvalue weighted by Gasteiger charge is -2.07. The molecule has 2 saturated heterocycles. The number of carbonyl (C=O) groups excluding carboxylic acids is 2. The van der Waals surface area contributed by atoms with Crippen LogP contribution in [0.4, 0.5) is 6.01 Å². The highest BCUT2D eigenvalue weighted by Gasteiger charge is 2.29. The van der Waals surface area contributed by atoms with Crippen LogP contribution < -0.4 is 16.0 Å². The predicted octanol–water partition coefficient (Wildman–Crippen LogP) is -0.289.